The van der Waals surface area contributed by atoms with Gasteiger partial charge in [-0.2, -0.15) is 65.9 Å². The molecular formula is C26H3F21O3. The molecule has 0 bridgehead atoms. The zero-order valence-corrected chi connectivity index (χ0v) is 22.7. The van der Waals surface area contributed by atoms with Crippen molar-refractivity contribution in [3.63, 3.8) is 0 Å². The Morgan fingerprint density at radius 2 is 0.480 bits per heavy atom. The highest BCUT2D eigenvalue weighted by Crippen LogP contribution is 2.51. The summed E-state index contributed by atoms with van der Waals surface area (Å²) >= 11 is 0. The van der Waals surface area contributed by atoms with Crippen LogP contribution < -0.4 is 14.2 Å². The Balaban J connectivity index is 2.71. The van der Waals surface area contributed by atoms with Gasteiger partial charge in [-0.05, 0) is 6.92 Å². The lowest BCUT2D eigenvalue weighted by Gasteiger charge is -2.34. The monoisotopic (exact) mass is 762 g/mol. The second-order valence-electron chi connectivity index (χ2n) is 8.91. The molecule has 0 unspecified atom stereocenters. The van der Waals surface area contributed by atoms with Crippen LogP contribution in [0.1, 0.15) is 23.6 Å². The molecule has 24 heteroatoms. The third kappa shape index (κ3) is 6.32. The Morgan fingerprint density at radius 3 is 0.620 bits per heavy atom. The van der Waals surface area contributed by atoms with Gasteiger partial charge in [0.2, 0.25) is 52.2 Å². The molecule has 272 valence electrons. The SMILES string of the molecule is CC(c1c(F)c(F)c(OC(F)=C(F)F)c(F)c1F)(c1c(F)c(F)c(OC(F)=C(F)F)c(F)c1F)c1c(F)c(F)c(OC(F)=C(F)F)c(F)c1F. The molecule has 0 amide bonds. The van der Waals surface area contributed by atoms with E-state index in [1.165, 1.54) is 0 Å². The number of halogens is 21. The standard InChI is InChI=1S/C26H3F21O3/c1-26(2-5(27)11(33)17(12(34)6(2)28)48-23(45)20(39)40,3-7(29)13(35)18(14(36)8(3)30)49-24(46)21(41)42)4-9(31)15(37)19(16(38)10(4)32)50-25(47)22(43)44/h1H3. The highest BCUT2D eigenvalue weighted by atomic mass is 19.3. The lowest BCUT2D eigenvalue weighted by molar-refractivity contribution is 0.217. The molecule has 0 spiro atoms. The third-order valence-corrected chi connectivity index (χ3v) is 6.19. The maximum absolute atomic E-state index is 15.5. The van der Waals surface area contributed by atoms with Crippen molar-refractivity contribution in [1.82, 2.24) is 0 Å². The molecule has 0 heterocycles. The fourth-order valence-electron chi connectivity index (χ4n) is 4.18. The summed E-state index contributed by atoms with van der Waals surface area (Å²) < 4.78 is 306. The van der Waals surface area contributed by atoms with Gasteiger partial charge in [-0.3, -0.25) is 0 Å². The maximum atomic E-state index is 15.5. The van der Waals surface area contributed by atoms with Crippen molar-refractivity contribution in [2.45, 2.75) is 12.3 Å². The van der Waals surface area contributed by atoms with Crippen molar-refractivity contribution in [3.8, 4) is 17.2 Å². The Kier molecular flexibility index (Phi) is 11.0. The molecule has 3 rings (SSSR count). The van der Waals surface area contributed by atoms with Crippen LogP contribution in [0, 0.1) is 69.8 Å². The highest BCUT2D eigenvalue weighted by molar-refractivity contribution is 5.57. The van der Waals surface area contributed by atoms with Crippen molar-refractivity contribution < 1.29 is 106 Å². The second kappa shape index (κ2) is 14.0. The largest absolute Gasteiger partial charge is 0.421 e. The molecule has 0 atom stereocenters. The fourth-order valence-corrected chi connectivity index (χ4v) is 4.18. The van der Waals surface area contributed by atoms with Crippen molar-refractivity contribution in [3.05, 3.63) is 123 Å². The zero-order valence-electron chi connectivity index (χ0n) is 22.7. The Hall–Kier alpha value is -5.19. The van der Waals surface area contributed by atoms with E-state index in [1.807, 2.05) is 0 Å². The normalized spacial score (nSPS) is 11.4. The summed E-state index contributed by atoms with van der Waals surface area (Å²) in [5, 5.41) is 0. The molecule has 3 aromatic carbocycles. The van der Waals surface area contributed by atoms with Gasteiger partial charge in [0.15, 0.2) is 34.9 Å². The molecule has 0 aromatic heterocycles. The van der Waals surface area contributed by atoms with Gasteiger partial charge in [-0.15, -0.1) is 0 Å². The molecular weight excluding hydrogens is 759 g/mol. The van der Waals surface area contributed by atoms with Crippen LogP contribution in [0.4, 0.5) is 92.2 Å². The molecule has 0 aliphatic rings. The quantitative estimate of drug-likeness (QED) is 0.0941. The highest BCUT2D eigenvalue weighted by Gasteiger charge is 2.51. The first-order chi connectivity index (χ1) is 22.9. The van der Waals surface area contributed by atoms with Crippen LogP contribution in [0.2, 0.25) is 0 Å². The fraction of sp³-hybridized carbons (Fsp3) is 0.0769. The van der Waals surface area contributed by atoms with Crippen molar-refractivity contribution in [1.29, 1.82) is 0 Å². The van der Waals surface area contributed by atoms with Crippen LogP contribution in [0.25, 0.3) is 0 Å². The van der Waals surface area contributed by atoms with Gasteiger partial charge in [0.1, 0.15) is 0 Å². The first-order valence-corrected chi connectivity index (χ1v) is 11.7. The number of hydrogen-bond donors (Lipinski definition) is 0. The van der Waals surface area contributed by atoms with Crippen molar-refractivity contribution in [2.24, 2.45) is 0 Å². The summed E-state index contributed by atoms with van der Waals surface area (Å²) in [7, 11) is 0. The summed E-state index contributed by atoms with van der Waals surface area (Å²) in [6, 6.07) is -9.91. The van der Waals surface area contributed by atoms with Gasteiger partial charge >= 0.3 is 36.3 Å². The molecule has 0 N–H and O–H groups in total. The summed E-state index contributed by atoms with van der Waals surface area (Å²) in [6.07, 6.45) is -10.7. The van der Waals surface area contributed by atoms with Gasteiger partial charge in [0.05, 0.1) is 5.41 Å². The molecule has 0 aliphatic carbocycles. The van der Waals surface area contributed by atoms with E-state index in [0.29, 0.717) is 0 Å². The minimum atomic E-state index is -4.93. The van der Waals surface area contributed by atoms with Gasteiger partial charge in [-0.1, -0.05) is 0 Å². The van der Waals surface area contributed by atoms with E-state index >= 15 is 26.3 Å². The topological polar surface area (TPSA) is 27.7 Å². The first-order valence-electron chi connectivity index (χ1n) is 11.7. The Labute approximate surface area is 259 Å². The van der Waals surface area contributed by atoms with Crippen LogP contribution in [-0.4, -0.2) is 0 Å². The number of ether oxygens (including phenoxy) is 3. The van der Waals surface area contributed by atoms with Crippen molar-refractivity contribution in [2.75, 3.05) is 0 Å². The van der Waals surface area contributed by atoms with Crippen LogP contribution in [0.3, 0.4) is 0 Å². The molecule has 0 aliphatic heterocycles. The molecule has 0 radical (unpaired) electrons. The van der Waals surface area contributed by atoms with Crippen LogP contribution >= 0.6 is 0 Å². The predicted molar refractivity (Wildman–Crippen MR) is 117 cm³/mol. The number of rotatable bonds is 9. The summed E-state index contributed by atoms with van der Waals surface area (Å²) in [6.45, 7) is -0.555. The molecule has 3 aromatic rings. The maximum Gasteiger partial charge on any atom is 0.344 e. The number of hydrogen-bond acceptors (Lipinski definition) is 3. The van der Waals surface area contributed by atoms with Gasteiger partial charge < -0.3 is 14.2 Å². The summed E-state index contributed by atoms with van der Waals surface area (Å²) in [5.74, 6) is -48.9. The summed E-state index contributed by atoms with van der Waals surface area (Å²) in [4.78, 5) is 0. The van der Waals surface area contributed by atoms with E-state index in [1.54, 1.807) is 0 Å². The van der Waals surface area contributed by atoms with E-state index in [-0.39, 0.29) is 0 Å². The van der Waals surface area contributed by atoms with Crippen molar-refractivity contribution >= 4 is 0 Å². The van der Waals surface area contributed by atoms with E-state index in [2.05, 4.69) is 14.2 Å². The zero-order chi connectivity index (χ0) is 38.5. The van der Waals surface area contributed by atoms with Gasteiger partial charge in [0.25, 0.3) is 0 Å². The van der Waals surface area contributed by atoms with E-state index < -0.39 is 152 Å². The lowest BCUT2D eigenvalue weighted by atomic mass is 9.69. The average Bonchev–Trinajstić information content (AvgIpc) is 3.03. The minimum Gasteiger partial charge on any atom is -0.421 e. The van der Waals surface area contributed by atoms with Gasteiger partial charge in [0, 0.05) is 16.7 Å². The molecule has 0 saturated heterocycles. The van der Waals surface area contributed by atoms with E-state index in [9.17, 15) is 65.9 Å². The first kappa shape index (κ1) is 39.3. The third-order valence-electron chi connectivity index (χ3n) is 6.19. The van der Waals surface area contributed by atoms with Crippen LogP contribution in [0.15, 0.2) is 36.3 Å². The Bertz CT molecular complexity index is 1690. The molecule has 0 saturated carbocycles. The molecule has 0 fully saturated rings. The molecule has 50 heavy (non-hydrogen) atoms. The molecule has 3 nitrogen and oxygen atoms in total. The van der Waals surface area contributed by atoms with Gasteiger partial charge in [-0.25, -0.2) is 26.3 Å². The van der Waals surface area contributed by atoms with E-state index in [4.69, 9.17) is 0 Å². The minimum absolute atomic E-state index is 0.555. The van der Waals surface area contributed by atoms with E-state index in [0.717, 1.165) is 0 Å². The lowest BCUT2D eigenvalue weighted by Crippen LogP contribution is -2.35. The smallest absolute Gasteiger partial charge is 0.344 e. The predicted octanol–water partition coefficient (Wildman–Crippen LogP) is 11.0. The van der Waals surface area contributed by atoms with Crippen LogP contribution in [0.5, 0.6) is 17.2 Å². The Morgan fingerprint density at radius 1 is 0.320 bits per heavy atom. The average molecular weight is 762 g/mol. The second-order valence-corrected chi connectivity index (χ2v) is 8.91. The number of benzene rings is 3. The summed E-state index contributed by atoms with van der Waals surface area (Å²) in [5.41, 5.74) is -14.1. The van der Waals surface area contributed by atoms with Crippen LogP contribution in [-0.2, 0) is 5.41 Å².